The topological polar surface area (TPSA) is 72.5 Å². The summed E-state index contributed by atoms with van der Waals surface area (Å²) in [5, 5.41) is 5.77. The second-order valence-corrected chi connectivity index (χ2v) is 6.71. The lowest BCUT2D eigenvalue weighted by molar-refractivity contribution is 0.00354. The van der Waals surface area contributed by atoms with Crippen molar-refractivity contribution in [3.63, 3.8) is 0 Å². The highest BCUT2D eigenvalue weighted by Gasteiger charge is 2.19. The Labute approximate surface area is 153 Å². The minimum Gasteiger partial charge on any atom is -0.439 e. The Morgan fingerprint density at radius 2 is 2.08 bits per heavy atom. The molecule has 2 atom stereocenters. The molecule has 2 N–H and O–H groups in total. The number of nitrogens with zero attached hydrogens (tertiary/aromatic N) is 1. The molecule has 3 rings (SSSR count). The van der Waals surface area contributed by atoms with Crippen LogP contribution in [0.5, 0.6) is 11.6 Å². The molecule has 1 fully saturated rings. The fourth-order valence-electron chi connectivity index (χ4n) is 2.93. The molecule has 0 radical (unpaired) electrons. The number of anilines is 1. The number of aromatic nitrogens is 1. The molecule has 0 unspecified atom stereocenters. The Morgan fingerprint density at radius 3 is 2.77 bits per heavy atom. The zero-order valence-electron chi connectivity index (χ0n) is 15.2. The molecule has 1 aliphatic heterocycles. The van der Waals surface area contributed by atoms with E-state index in [1.807, 2.05) is 19.1 Å². The minimum atomic E-state index is -0.196. The van der Waals surface area contributed by atoms with Crippen molar-refractivity contribution in [3.8, 4) is 11.6 Å². The molecule has 26 heavy (non-hydrogen) atoms. The summed E-state index contributed by atoms with van der Waals surface area (Å²) in [6, 6.07) is 10.8. The Kier molecular flexibility index (Phi) is 6.07. The number of rotatable bonds is 5. The number of urea groups is 1. The number of amides is 2. The van der Waals surface area contributed by atoms with Gasteiger partial charge in [0.05, 0.1) is 6.10 Å². The maximum atomic E-state index is 12.0. The van der Waals surface area contributed by atoms with Gasteiger partial charge in [0.15, 0.2) is 0 Å². The number of aryl methyl sites for hydroxylation is 1. The molecule has 1 saturated heterocycles. The molecular weight excluding hydrogens is 330 g/mol. The number of benzene rings is 1. The van der Waals surface area contributed by atoms with Gasteiger partial charge in [0.25, 0.3) is 0 Å². The summed E-state index contributed by atoms with van der Waals surface area (Å²) in [4.78, 5) is 16.3. The second kappa shape index (κ2) is 8.67. The Morgan fingerprint density at radius 1 is 1.27 bits per heavy atom. The van der Waals surface area contributed by atoms with Gasteiger partial charge < -0.3 is 20.1 Å². The number of carbonyl (C=O) groups is 1. The number of nitrogens with one attached hydrogen (secondary N) is 2. The fourth-order valence-corrected chi connectivity index (χ4v) is 2.93. The number of pyridine rings is 1. The summed E-state index contributed by atoms with van der Waals surface area (Å²) >= 11 is 0. The van der Waals surface area contributed by atoms with Crippen LogP contribution in [0.2, 0.25) is 0 Å². The van der Waals surface area contributed by atoms with Gasteiger partial charge in [-0.3, -0.25) is 0 Å². The van der Waals surface area contributed by atoms with Crippen LogP contribution in [-0.2, 0) is 4.74 Å². The summed E-state index contributed by atoms with van der Waals surface area (Å²) in [6.45, 7) is 5.49. The van der Waals surface area contributed by atoms with E-state index in [0.29, 0.717) is 29.8 Å². The summed E-state index contributed by atoms with van der Waals surface area (Å²) in [5.41, 5.74) is 1.80. The lowest BCUT2D eigenvalue weighted by atomic mass is 9.96. The SMILES string of the molecule is Cc1ccc(Oc2ccc(NC(=O)NC[C@@H]3CCO[C@H](C)C3)cc2)nc1. The highest BCUT2D eigenvalue weighted by atomic mass is 16.5. The van der Waals surface area contributed by atoms with Gasteiger partial charge in [-0.2, -0.15) is 0 Å². The number of hydrogen-bond acceptors (Lipinski definition) is 4. The zero-order valence-corrected chi connectivity index (χ0v) is 15.2. The van der Waals surface area contributed by atoms with Crippen molar-refractivity contribution in [3.05, 3.63) is 48.2 Å². The molecule has 0 saturated carbocycles. The van der Waals surface area contributed by atoms with Gasteiger partial charge >= 0.3 is 6.03 Å². The van der Waals surface area contributed by atoms with Gasteiger partial charge in [0, 0.05) is 31.1 Å². The van der Waals surface area contributed by atoms with E-state index in [1.165, 1.54) is 0 Å². The molecule has 0 aliphatic carbocycles. The maximum absolute atomic E-state index is 12.0. The molecule has 2 amide bonds. The zero-order chi connectivity index (χ0) is 18.4. The summed E-state index contributed by atoms with van der Waals surface area (Å²) < 4.78 is 11.2. The highest BCUT2D eigenvalue weighted by Crippen LogP contribution is 2.22. The van der Waals surface area contributed by atoms with Crippen LogP contribution in [0.3, 0.4) is 0 Å². The van der Waals surface area contributed by atoms with Crippen LogP contribution in [0.25, 0.3) is 0 Å². The summed E-state index contributed by atoms with van der Waals surface area (Å²) in [6.07, 6.45) is 4.01. The van der Waals surface area contributed by atoms with Crippen molar-refractivity contribution in [2.45, 2.75) is 32.8 Å². The first-order valence-electron chi connectivity index (χ1n) is 8.95. The summed E-state index contributed by atoms with van der Waals surface area (Å²) in [5.74, 6) is 1.69. The van der Waals surface area contributed by atoms with E-state index in [1.54, 1.807) is 30.5 Å². The molecule has 2 aromatic rings. The molecule has 6 nitrogen and oxygen atoms in total. The third kappa shape index (κ3) is 5.46. The molecule has 138 valence electrons. The van der Waals surface area contributed by atoms with E-state index in [0.717, 1.165) is 25.0 Å². The predicted octanol–water partition coefficient (Wildman–Crippen LogP) is 4.12. The van der Waals surface area contributed by atoms with E-state index in [4.69, 9.17) is 9.47 Å². The smallest absolute Gasteiger partial charge is 0.319 e. The molecule has 6 heteroatoms. The molecular formula is C20H25N3O3. The van der Waals surface area contributed by atoms with Gasteiger partial charge in [-0.25, -0.2) is 9.78 Å². The van der Waals surface area contributed by atoms with Gasteiger partial charge in [0.2, 0.25) is 5.88 Å². The number of carbonyl (C=O) groups excluding carboxylic acids is 1. The van der Waals surface area contributed by atoms with Crippen LogP contribution >= 0.6 is 0 Å². The van der Waals surface area contributed by atoms with E-state index < -0.39 is 0 Å². The van der Waals surface area contributed by atoms with Crippen LogP contribution < -0.4 is 15.4 Å². The minimum absolute atomic E-state index is 0.196. The molecule has 1 aromatic carbocycles. The van der Waals surface area contributed by atoms with E-state index in [-0.39, 0.29) is 12.1 Å². The standard InChI is InChI=1S/C20H25N3O3/c1-14-3-8-19(21-12-14)26-18-6-4-17(5-7-18)23-20(24)22-13-16-9-10-25-15(2)11-16/h3-8,12,15-16H,9-11,13H2,1-2H3,(H2,22,23,24)/t15-,16-/m1/s1. The third-order valence-electron chi connectivity index (χ3n) is 4.36. The highest BCUT2D eigenvalue weighted by molar-refractivity contribution is 5.89. The maximum Gasteiger partial charge on any atom is 0.319 e. The second-order valence-electron chi connectivity index (χ2n) is 6.71. The van der Waals surface area contributed by atoms with Crippen molar-refractivity contribution in [2.24, 2.45) is 5.92 Å². The first-order chi connectivity index (χ1) is 12.6. The number of hydrogen-bond donors (Lipinski definition) is 2. The quantitative estimate of drug-likeness (QED) is 0.846. The monoisotopic (exact) mass is 355 g/mol. The summed E-state index contributed by atoms with van der Waals surface area (Å²) in [7, 11) is 0. The van der Waals surface area contributed by atoms with Crippen molar-refractivity contribution < 1.29 is 14.3 Å². The molecule has 0 bridgehead atoms. The first kappa shape index (κ1) is 18.2. The van der Waals surface area contributed by atoms with Crippen molar-refractivity contribution >= 4 is 11.7 Å². The van der Waals surface area contributed by atoms with Gasteiger partial charge in [-0.05, 0) is 62.4 Å². The normalized spacial score (nSPS) is 19.6. The van der Waals surface area contributed by atoms with E-state index in [9.17, 15) is 4.79 Å². The number of ether oxygens (including phenoxy) is 2. The van der Waals surface area contributed by atoms with Crippen LogP contribution in [-0.4, -0.2) is 30.3 Å². The lowest BCUT2D eigenvalue weighted by Crippen LogP contribution is -2.36. The Balaban J connectivity index is 1.46. The van der Waals surface area contributed by atoms with Crippen LogP contribution in [0.15, 0.2) is 42.6 Å². The first-order valence-corrected chi connectivity index (χ1v) is 8.95. The molecule has 1 aliphatic rings. The average molecular weight is 355 g/mol. The molecule has 0 spiro atoms. The Bertz CT molecular complexity index is 716. The van der Waals surface area contributed by atoms with E-state index in [2.05, 4.69) is 22.5 Å². The largest absolute Gasteiger partial charge is 0.439 e. The van der Waals surface area contributed by atoms with Gasteiger partial charge in [0.1, 0.15) is 5.75 Å². The van der Waals surface area contributed by atoms with Crippen molar-refractivity contribution in [1.29, 1.82) is 0 Å². The molecule has 1 aromatic heterocycles. The van der Waals surface area contributed by atoms with Gasteiger partial charge in [-0.1, -0.05) is 6.07 Å². The average Bonchev–Trinajstić information content (AvgIpc) is 2.64. The third-order valence-corrected chi connectivity index (χ3v) is 4.36. The van der Waals surface area contributed by atoms with Crippen molar-refractivity contribution in [1.82, 2.24) is 10.3 Å². The predicted molar refractivity (Wildman–Crippen MR) is 101 cm³/mol. The van der Waals surface area contributed by atoms with Gasteiger partial charge in [-0.15, -0.1) is 0 Å². The molecule has 2 heterocycles. The van der Waals surface area contributed by atoms with Crippen molar-refractivity contribution in [2.75, 3.05) is 18.5 Å². The fraction of sp³-hybridized carbons (Fsp3) is 0.400. The lowest BCUT2D eigenvalue weighted by Gasteiger charge is -2.27. The van der Waals surface area contributed by atoms with Crippen LogP contribution in [0.1, 0.15) is 25.3 Å². The Hall–Kier alpha value is -2.60. The van der Waals surface area contributed by atoms with Crippen LogP contribution in [0.4, 0.5) is 10.5 Å². The van der Waals surface area contributed by atoms with E-state index >= 15 is 0 Å². The van der Waals surface area contributed by atoms with Crippen LogP contribution in [0, 0.1) is 12.8 Å².